The zero-order valence-electron chi connectivity index (χ0n) is 15.1. The SMILES string of the molecule is Oc1c(N=Nc2c(Cl)cc(Cl)cc2Cl)c2ccccc2n1Cc1ccc(Cl)c(Cl)c1. The number of aromatic hydroxyl groups is 1. The van der Waals surface area contributed by atoms with Crippen LogP contribution in [0.3, 0.4) is 0 Å². The molecule has 0 aliphatic heterocycles. The molecule has 0 saturated carbocycles. The number of para-hydroxylation sites is 1. The second kappa shape index (κ2) is 8.66. The zero-order chi connectivity index (χ0) is 21.4. The fourth-order valence-corrected chi connectivity index (χ4v) is 4.29. The lowest BCUT2D eigenvalue weighted by Crippen LogP contribution is -1.98. The first-order valence-corrected chi connectivity index (χ1v) is 10.5. The highest BCUT2D eigenvalue weighted by molar-refractivity contribution is 6.42. The molecular weight excluding hydrogens is 488 g/mol. The molecule has 3 aromatic carbocycles. The third-order valence-electron chi connectivity index (χ3n) is 4.47. The molecule has 9 heteroatoms. The van der Waals surface area contributed by atoms with Crippen molar-refractivity contribution in [3.05, 3.63) is 85.3 Å². The monoisotopic (exact) mass is 497 g/mol. The summed E-state index contributed by atoms with van der Waals surface area (Å²) in [6.07, 6.45) is 0. The Morgan fingerprint density at radius 1 is 0.733 bits per heavy atom. The number of hydrogen-bond donors (Lipinski definition) is 1. The maximum absolute atomic E-state index is 10.9. The molecule has 0 saturated heterocycles. The summed E-state index contributed by atoms with van der Waals surface area (Å²) < 4.78 is 1.72. The molecule has 1 heterocycles. The highest BCUT2D eigenvalue weighted by atomic mass is 35.5. The van der Waals surface area contributed by atoms with Gasteiger partial charge in [0.05, 0.1) is 32.2 Å². The van der Waals surface area contributed by atoms with Crippen LogP contribution in [-0.4, -0.2) is 9.67 Å². The number of azo groups is 1. The minimum absolute atomic E-state index is 0.0489. The molecular formula is C21H12Cl5N3O. The van der Waals surface area contributed by atoms with Crippen LogP contribution in [0.15, 0.2) is 64.8 Å². The number of hydrogen-bond acceptors (Lipinski definition) is 3. The van der Waals surface area contributed by atoms with E-state index in [2.05, 4.69) is 10.2 Å². The normalized spacial score (nSPS) is 11.6. The van der Waals surface area contributed by atoms with Gasteiger partial charge in [-0.3, -0.25) is 0 Å². The van der Waals surface area contributed by atoms with Crippen LogP contribution in [0.1, 0.15) is 5.56 Å². The molecule has 4 nitrogen and oxygen atoms in total. The Kier molecular flexibility index (Phi) is 6.14. The summed E-state index contributed by atoms with van der Waals surface area (Å²) in [7, 11) is 0. The first-order chi connectivity index (χ1) is 14.3. The molecule has 0 aliphatic rings. The number of nitrogens with zero attached hydrogens (tertiary/aromatic N) is 3. The molecule has 30 heavy (non-hydrogen) atoms. The smallest absolute Gasteiger partial charge is 0.221 e. The van der Waals surface area contributed by atoms with E-state index in [4.69, 9.17) is 58.0 Å². The van der Waals surface area contributed by atoms with Crippen LogP contribution >= 0.6 is 58.0 Å². The number of halogens is 5. The average molecular weight is 500 g/mol. The Morgan fingerprint density at radius 2 is 1.40 bits per heavy atom. The van der Waals surface area contributed by atoms with Gasteiger partial charge in [0.25, 0.3) is 0 Å². The van der Waals surface area contributed by atoms with E-state index >= 15 is 0 Å². The summed E-state index contributed by atoms with van der Waals surface area (Å²) >= 11 is 30.4. The highest BCUT2D eigenvalue weighted by Gasteiger charge is 2.17. The molecule has 0 aliphatic carbocycles. The number of rotatable bonds is 4. The summed E-state index contributed by atoms with van der Waals surface area (Å²) in [5.41, 5.74) is 2.22. The van der Waals surface area contributed by atoms with Crippen molar-refractivity contribution in [3.63, 3.8) is 0 Å². The second-order valence-corrected chi connectivity index (χ2v) is 8.51. The van der Waals surface area contributed by atoms with E-state index < -0.39 is 0 Å². The topological polar surface area (TPSA) is 49.9 Å². The Labute approximate surface area is 197 Å². The van der Waals surface area contributed by atoms with Gasteiger partial charge in [-0.15, -0.1) is 10.2 Å². The lowest BCUT2D eigenvalue weighted by Gasteiger charge is -2.08. The molecule has 0 bridgehead atoms. The van der Waals surface area contributed by atoms with Crippen LogP contribution in [0.2, 0.25) is 25.1 Å². The summed E-state index contributed by atoms with van der Waals surface area (Å²) in [6, 6.07) is 15.8. The van der Waals surface area contributed by atoms with Gasteiger partial charge < -0.3 is 9.67 Å². The Balaban J connectivity index is 1.80. The summed E-state index contributed by atoms with van der Waals surface area (Å²) in [5.74, 6) is -0.0489. The van der Waals surface area contributed by atoms with Crippen molar-refractivity contribution in [2.75, 3.05) is 0 Å². The van der Waals surface area contributed by atoms with Crippen LogP contribution in [0.4, 0.5) is 11.4 Å². The van der Waals surface area contributed by atoms with Crippen molar-refractivity contribution in [3.8, 4) is 5.88 Å². The summed E-state index contributed by atoms with van der Waals surface area (Å²) in [5, 5.41) is 21.9. The number of aromatic nitrogens is 1. The van der Waals surface area contributed by atoms with Gasteiger partial charge in [-0.25, -0.2) is 0 Å². The number of benzene rings is 3. The minimum atomic E-state index is -0.0489. The summed E-state index contributed by atoms with van der Waals surface area (Å²) in [4.78, 5) is 0. The molecule has 0 amide bonds. The standard InChI is InChI=1S/C21H12Cl5N3O/c22-12-8-16(25)20(17(26)9-12)28-27-19-13-3-1-2-4-18(13)29(21(19)30)10-11-5-6-14(23)15(24)7-11/h1-9,30H,10H2. The maximum atomic E-state index is 10.9. The zero-order valence-corrected chi connectivity index (χ0v) is 18.9. The molecule has 0 spiro atoms. The van der Waals surface area contributed by atoms with Crippen molar-refractivity contribution in [1.82, 2.24) is 4.57 Å². The van der Waals surface area contributed by atoms with E-state index in [-0.39, 0.29) is 21.6 Å². The molecule has 0 fully saturated rings. The van der Waals surface area contributed by atoms with Crippen LogP contribution in [0.5, 0.6) is 5.88 Å². The number of fused-ring (bicyclic) bond motifs is 1. The van der Waals surface area contributed by atoms with Crippen molar-refractivity contribution in [2.24, 2.45) is 10.2 Å². The fraction of sp³-hybridized carbons (Fsp3) is 0.0476. The Bertz CT molecular complexity index is 1280. The molecule has 4 rings (SSSR count). The molecule has 1 N–H and O–H groups in total. The van der Waals surface area contributed by atoms with Crippen molar-refractivity contribution < 1.29 is 5.11 Å². The molecule has 0 unspecified atom stereocenters. The lowest BCUT2D eigenvalue weighted by molar-refractivity contribution is 0.429. The predicted octanol–water partition coefficient (Wildman–Crippen LogP) is 9.08. The van der Waals surface area contributed by atoms with Gasteiger partial charge in [-0.1, -0.05) is 82.3 Å². The maximum Gasteiger partial charge on any atom is 0.221 e. The first-order valence-electron chi connectivity index (χ1n) is 8.65. The van der Waals surface area contributed by atoms with Gasteiger partial charge in [0, 0.05) is 10.4 Å². The third-order valence-corrected chi connectivity index (χ3v) is 6.01. The van der Waals surface area contributed by atoms with Gasteiger partial charge >= 0.3 is 0 Å². The van der Waals surface area contributed by atoms with E-state index in [9.17, 15) is 5.11 Å². The highest BCUT2D eigenvalue weighted by Crippen LogP contribution is 2.42. The lowest BCUT2D eigenvalue weighted by atomic mass is 10.2. The molecule has 0 atom stereocenters. The van der Waals surface area contributed by atoms with E-state index in [0.29, 0.717) is 27.3 Å². The van der Waals surface area contributed by atoms with E-state index in [1.54, 1.807) is 16.7 Å². The fourth-order valence-electron chi connectivity index (χ4n) is 3.08. The molecule has 1 aromatic heterocycles. The Morgan fingerprint density at radius 3 is 2.10 bits per heavy atom. The average Bonchev–Trinajstić information content (AvgIpc) is 2.96. The van der Waals surface area contributed by atoms with Gasteiger partial charge in [0.2, 0.25) is 5.88 Å². The predicted molar refractivity (Wildman–Crippen MR) is 125 cm³/mol. The quantitative estimate of drug-likeness (QED) is 0.280. The van der Waals surface area contributed by atoms with Gasteiger partial charge in [0.15, 0.2) is 5.69 Å². The molecule has 0 radical (unpaired) electrons. The van der Waals surface area contributed by atoms with Crippen molar-refractivity contribution in [1.29, 1.82) is 0 Å². The van der Waals surface area contributed by atoms with Crippen LogP contribution in [0, 0.1) is 0 Å². The largest absolute Gasteiger partial charge is 0.493 e. The Hall–Kier alpha value is -1.95. The van der Waals surface area contributed by atoms with E-state index in [0.717, 1.165) is 16.5 Å². The molecule has 152 valence electrons. The van der Waals surface area contributed by atoms with Crippen LogP contribution < -0.4 is 0 Å². The van der Waals surface area contributed by atoms with Gasteiger partial charge in [-0.05, 0) is 35.9 Å². The second-order valence-electron chi connectivity index (χ2n) is 6.44. The third kappa shape index (κ3) is 4.11. The van der Waals surface area contributed by atoms with Crippen LogP contribution in [0.25, 0.3) is 10.9 Å². The van der Waals surface area contributed by atoms with Crippen molar-refractivity contribution >= 4 is 80.3 Å². The van der Waals surface area contributed by atoms with E-state index in [1.165, 1.54) is 12.1 Å². The van der Waals surface area contributed by atoms with Crippen LogP contribution in [-0.2, 0) is 6.54 Å². The first kappa shape index (κ1) is 21.3. The summed E-state index contributed by atoms with van der Waals surface area (Å²) in [6.45, 7) is 0.362. The van der Waals surface area contributed by atoms with E-state index in [1.807, 2.05) is 30.3 Å². The minimum Gasteiger partial charge on any atom is -0.493 e. The molecule has 4 aromatic rings. The van der Waals surface area contributed by atoms with Gasteiger partial charge in [0.1, 0.15) is 5.69 Å². The van der Waals surface area contributed by atoms with Crippen molar-refractivity contribution in [2.45, 2.75) is 6.54 Å². The van der Waals surface area contributed by atoms with Gasteiger partial charge in [-0.2, -0.15) is 0 Å².